The Labute approximate surface area is 210 Å². The first-order valence-electron chi connectivity index (χ1n) is 11.5. The molecule has 0 bridgehead atoms. The fourth-order valence-corrected chi connectivity index (χ4v) is 4.53. The maximum atomic E-state index is 13.5. The van der Waals surface area contributed by atoms with Crippen LogP contribution in [0.2, 0.25) is 0 Å². The van der Waals surface area contributed by atoms with E-state index in [0.29, 0.717) is 22.7 Å². The number of fused-ring (bicyclic) bond motifs is 2. The molecule has 0 unspecified atom stereocenters. The summed E-state index contributed by atoms with van der Waals surface area (Å²) in [6.45, 7) is 0. The summed E-state index contributed by atoms with van der Waals surface area (Å²) >= 11 is 0. The highest BCUT2D eigenvalue weighted by Crippen LogP contribution is 2.32. The summed E-state index contributed by atoms with van der Waals surface area (Å²) in [5.41, 5.74) is 10.1. The van der Waals surface area contributed by atoms with Crippen LogP contribution in [0.15, 0.2) is 96.4 Å². The summed E-state index contributed by atoms with van der Waals surface area (Å²) < 4.78 is 3.40. The van der Waals surface area contributed by atoms with Crippen LogP contribution in [0.5, 0.6) is 0 Å². The number of para-hydroxylation sites is 1. The quantitative estimate of drug-likeness (QED) is 0.385. The van der Waals surface area contributed by atoms with Gasteiger partial charge in [0, 0.05) is 41.8 Å². The van der Waals surface area contributed by atoms with Gasteiger partial charge in [0.25, 0.3) is 11.5 Å². The van der Waals surface area contributed by atoms with Crippen molar-refractivity contribution in [1.82, 2.24) is 24.1 Å². The molecule has 0 atom stereocenters. The smallest absolute Gasteiger partial charge is 0.268 e. The summed E-state index contributed by atoms with van der Waals surface area (Å²) in [5.74, 6) is -0.0943. The largest absolute Gasteiger partial charge is 0.383 e. The van der Waals surface area contributed by atoms with Gasteiger partial charge in [-0.05, 0) is 42.0 Å². The van der Waals surface area contributed by atoms with Gasteiger partial charge in [-0.25, -0.2) is 9.97 Å². The first-order valence-corrected chi connectivity index (χ1v) is 11.5. The van der Waals surface area contributed by atoms with Gasteiger partial charge in [-0.1, -0.05) is 30.3 Å². The van der Waals surface area contributed by atoms with E-state index in [4.69, 9.17) is 5.73 Å². The highest BCUT2D eigenvalue weighted by Gasteiger charge is 2.18. The number of aromatic nitrogens is 5. The number of nitrogens with two attached hydrogens (primary N) is 1. The van der Waals surface area contributed by atoms with E-state index in [-0.39, 0.29) is 5.56 Å². The first-order chi connectivity index (χ1) is 18.0. The van der Waals surface area contributed by atoms with Crippen LogP contribution in [-0.2, 0) is 7.05 Å². The van der Waals surface area contributed by atoms with Gasteiger partial charge < -0.3 is 15.6 Å². The average molecular weight is 488 g/mol. The zero-order chi connectivity index (χ0) is 25.5. The third-order valence-electron chi connectivity index (χ3n) is 6.30. The molecule has 9 heteroatoms. The number of amides is 1. The highest BCUT2D eigenvalue weighted by atomic mass is 16.2. The van der Waals surface area contributed by atoms with Crippen LogP contribution in [0.1, 0.15) is 10.4 Å². The van der Waals surface area contributed by atoms with Crippen molar-refractivity contribution in [2.45, 2.75) is 0 Å². The Hall–Kier alpha value is -5.31. The highest BCUT2D eigenvalue weighted by molar-refractivity contribution is 6.06. The van der Waals surface area contributed by atoms with Gasteiger partial charge in [-0.2, -0.15) is 0 Å². The first kappa shape index (κ1) is 22.2. The number of anilines is 2. The van der Waals surface area contributed by atoms with Crippen LogP contribution in [0.3, 0.4) is 0 Å². The Morgan fingerprint density at radius 3 is 2.57 bits per heavy atom. The third kappa shape index (κ3) is 3.79. The zero-order valence-corrected chi connectivity index (χ0v) is 19.8. The number of hydrogen-bond acceptors (Lipinski definition) is 6. The Morgan fingerprint density at radius 2 is 1.78 bits per heavy atom. The van der Waals surface area contributed by atoms with E-state index < -0.39 is 11.5 Å². The van der Waals surface area contributed by atoms with Crippen molar-refractivity contribution in [3.63, 3.8) is 0 Å². The van der Waals surface area contributed by atoms with Crippen LogP contribution >= 0.6 is 0 Å². The number of hydrogen-bond donors (Lipinski definition) is 2. The van der Waals surface area contributed by atoms with Crippen LogP contribution in [0, 0.1) is 0 Å². The van der Waals surface area contributed by atoms with E-state index in [1.54, 1.807) is 36.7 Å². The predicted octanol–water partition coefficient (Wildman–Crippen LogP) is 4.17. The molecular formula is C28H21N7O2. The molecule has 6 aromatic rings. The molecule has 180 valence electrons. The van der Waals surface area contributed by atoms with E-state index in [2.05, 4.69) is 20.3 Å². The minimum atomic E-state index is -0.496. The minimum absolute atomic E-state index is 0.0330. The second-order valence-corrected chi connectivity index (χ2v) is 8.61. The molecule has 0 aliphatic heterocycles. The average Bonchev–Trinajstić information content (AvgIpc) is 3.26. The number of pyridine rings is 2. The van der Waals surface area contributed by atoms with Crippen molar-refractivity contribution in [2.24, 2.45) is 7.05 Å². The van der Waals surface area contributed by atoms with Crippen molar-refractivity contribution >= 4 is 39.3 Å². The number of benzene rings is 2. The molecule has 0 fully saturated rings. The lowest BCUT2D eigenvalue weighted by atomic mass is 10.1. The van der Waals surface area contributed by atoms with Crippen molar-refractivity contribution in [1.29, 1.82) is 0 Å². The molecule has 2 aromatic carbocycles. The molecule has 0 spiro atoms. The summed E-state index contributed by atoms with van der Waals surface area (Å²) in [6.07, 6.45) is 6.64. The lowest BCUT2D eigenvalue weighted by Crippen LogP contribution is -2.28. The molecule has 37 heavy (non-hydrogen) atoms. The van der Waals surface area contributed by atoms with Crippen molar-refractivity contribution in [2.75, 3.05) is 11.1 Å². The van der Waals surface area contributed by atoms with Gasteiger partial charge in [0.2, 0.25) is 0 Å². The fraction of sp³-hybridized carbons (Fsp3) is 0.0357. The number of carbonyl (C=O) groups excluding carboxylic acids is 1. The van der Waals surface area contributed by atoms with Crippen LogP contribution < -0.4 is 16.6 Å². The molecule has 0 aliphatic rings. The molecule has 0 saturated carbocycles. The SMILES string of the molecule is Cn1cc(-c2ccc(NC(=O)c3cc4ccncc4n(-c4ccccc4)c3=O)cc2)c2c(N)ncnc21. The molecule has 4 aromatic heterocycles. The normalized spacial score (nSPS) is 11.2. The third-order valence-corrected chi connectivity index (χ3v) is 6.30. The summed E-state index contributed by atoms with van der Waals surface area (Å²) in [4.78, 5) is 39.3. The molecular weight excluding hydrogens is 466 g/mol. The second kappa shape index (κ2) is 8.72. The zero-order valence-electron chi connectivity index (χ0n) is 19.8. The maximum absolute atomic E-state index is 13.5. The summed E-state index contributed by atoms with van der Waals surface area (Å²) in [7, 11) is 1.90. The van der Waals surface area contributed by atoms with Gasteiger partial charge >= 0.3 is 0 Å². The molecule has 0 saturated heterocycles. The summed E-state index contributed by atoms with van der Waals surface area (Å²) in [5, 5.41) is 4.36. The Bertz CT molecular complexity index is 1860. The van der Waals surface area contributed by atoms with Crippen molar-refractivity contribution < 1.29 is 4.79 Å². The van der Waals surface area contributed by atoms with Crippen LogP contribution in [0.25, 0.3) is 38.8 Å². The van der Waals surface area contributed by atoms with E-state index in [1.807, 2.05) is 60.3 Å². The monoisotopic (exact) mass is 487 g/mol. The molecule has 1 amide bonds. The molecule has 3 N–H and O–H groups in total. The van der Waals surface area contributed by atoms with E-state index in [9.17, 15) is 9.59 Å². The number of nitrogens with zero attached hydrogens (tertiary/aromatic N) is 5. The number of carbonyl (C=O) groups is 1. The number of nitrogens with one attached hydrogen (secondary N) is 1. The molecule has 0 aliphatic carbocycles. The lowest BCUT2D eigenvalue weighted by Gasteiger charge is -2.13. The maximum Gasteiger partial charge on any atom is 0.268 e. The molecule has 9 nitrogen and oxygen atoms in total. The van der Waals surface area contributed by atoms with Crippen molar-refractivity contribution in [3.05, 3.63) is 108 Å². The van der Waals surface area contributed by atoms with E-state index >= 15 is 0 Å². The standard InChI is InChI=1S/C28H21N7O2/c1-34-15-22(24-25(29)31-16-32-26(24)34)17-7-9-19(10-8-17)33-27(36)21-13-18-11-12-30-14-23(18)35(28(21)37)20-5-3-2-4-6-20/h2-16H,1H3,(H,33,36)(H2,29,31,32). The van der Waals surface area contributed by atoms with Crippen LogP contribution in [0.4, 0.5) is 11.5 Å². The number of rotatable bonds is 4. The van der Waals surface area contributed by atoms with Gasteiger partial charge in [-0.15, -0.1) is 0 Å². The molecule has 4 heterocycles. The van der Waals surface area contributed by atoms with Crippen molar-refractivity contribution in [3.8, 4) is 16.8 Å². The molecule has 0 radical (unpaired) electrons. The van der Waals surface area contributed by atoms with Gasteiger partial charge in [0.05, 0.1) is 17.1 Å². The van der Waals surface area contributed by atoms with E-state index in [1.165, 1.54) is 10.9 Å². The second-order valence-electron chi connectivity index (χ2n) is 8.61. The Kier molecular flexibility index (Phi) is 5.23. The van der Waals surface area contributed by atoms with Gasteiger partial charge in [0.1, 0.15) is 23.4 Å². The van der Waals surface area contributed by atoms with Crippen LogP contribution in [-0.4, -0.2) is 30.0 Å². The predicted molar refractivity (Wildman–Crippen MR) is 144 cm³/mol. The topological polar surface area (TPSA) is 121 Å². The summed E-state index contributed by atoms with van der Waals surface area (Å²) in [6, 6.07) is 19.9. The van der Waals surface area contributed by atoms with Gasteiger partial charge in [0.15, 0.2) is 0 Å². The fourth-order valence-electron chi connectivity index (χ4n) is 4.53. The van der Waals surface area contributed by atoms with E-state index in [0.717, 1.165) is 27.5 Å². The van der Waals surface area contributed by atoms with Gasteiger partial charge in [-0.3, -0.25) is 19.1 Å². The number of aryl methyl sites for hydroxylation is 1. The Balaban J connectivity index is 1.36. The number of nitrogen functional groups attached to an aromatic ring is 1. The minimum Gasteiger partial charge on any atom is -0.383 e. The molecule has 6 rings (SSSR count). The Morgan fingerprint density at radius 1 is 1.00 bits per heavy atom. The lowest BCUT2D eigenvalue weighted by molar-refractivity contribution is 0.102.